The normalized spacial score (nSPS) is 13.0. The number of hydrogen-bond acceptors (Lipinski definition) is 1. The molecule has 0 aromatic heterocycles. The van der Waals surface area contributed by atoms with Crippen LogP contribution in [0.1, 0.15) is 260 Å². The topological polar surface area (TPSA) is 3.24 Å². The van der Waals surface area contributed by atoms with Gasteiger partial charge in [-0.15, -0.1) is 0 Å². The zero-order valence-corrected chi connectivity index (χ0v) is 34.8. The van der Waals surface area contributed by atoms with Gasteiger partial charge in [-0.05, 0) is 43.4 Å². The van der Waals surface area contributed by atoms with E-state index in [0.717, 1.165) is 17.8 Å². The van der Waals surface area contributed by atoms with E-state index in [1.165, 1.54) is 237 Å². The van der Waals surface area contributed by atoms with Crippen LogP contribution in [0.15, 0.2) is 12.3 Å². The molecule has 0 aromatic carbocycles. The molecule has 0 aliphatic carbocycles. The van der Waals surface area contributed by atoms with E-state index in [1.807, 2.05) is 0 Å². The Kier molecular flexibility index (Phi) is 37.4. The lowest BCUT2D eigenvalue weighted by Crippen LogP contribution is -2.27. The summed E-state index contributed by atoms with van der Waals surface area (Å²) < 4.78 is 0. The van der Waals surface area contributed by atoms with Crippen molar-refractivity contribution in [1.29, 1.82) is 0 Å². The molecule has 288 valence electrons. The molecule has 0 heterocycles. The van der Waals surface area contributed by atoms with Gasteiger partial charge in [0.25, 0.3) is 0 Å². The quantitative estimate of drug-likeness (QED) is 0.0585. The van der Waals surface area contributed by atoms with Crippen molar-refractivity contribution >= 4 is 0 Å². The third-order valence-corrected chi connectivity index (χ3v) is 11.4. The van der Waals surface area contributed by atoms with Crippen LogP contribution < -0.4 is 0 Å². The molecule has 2 unspecified atom stereocenters. The molecule has 0 aliphatic heterocycles. The lowest BCUT2D eigenvalue weighted by molar-refractivity contribution is 0.267. The lowest BCUT2D eigenvalue weighted by atomic mass is 9.85. The van der Waals surface area contributed by atoms with Crippen LogP contribution in [0.5, 0.6) is 0 Å². The molecule has 0 aliphatic rings. The van der Waals surface area contributed by atoms with Crippen LogP contribution in [0.25, 0.3) is 0 Å². The zero-order valence-electron chi connectivity index (χ0n) is 34.8. The molecule has 0 N–H and O–H groups in total. The van der Waals surface area contributed by atoms with E-state index < -0.39 is 0 Å². The van der Waals surface area contributed by atoms with E-state index in [-0.39, 0.29) is 0 Å². The second kappa shape index (κ2) is 37.8. The van der Waals surface area contributed by atoms with Gasteiger partial charge in [0.15, 0.2) is 0 Å². The summed E-state index contributed by atoms with van der Waals surface area (Å²) in [5.74, 6) is 2.32. The van der Waals surface area contributed by atoms with Gasteiger partial charge in [0.2, 0.25) is 0 Å². The third kappa shape index (κ3) is 34.0. The van der Waals surface area contributed by atoms with Crippen molar-refractivity contribution in [3.8, 4) is 0 Å². The number of allylic oxidation sites excluding steroid dienone is 1. The van der Waals surface area contributed by atoms with E-state index in [2.05, 4.69) is 53.0 Å². The Bertz CT molecular complexity index is 587. The Morgan fingerprint density at radius 2 is 0.625 bits per heavy atom. The smallest absolute Gasteiger partial charge is 0.0174 e. The summed E-state index contributed by atoms with van der Waals surface area (Å²) in [6.45, 7) is 21.5. The monoisotopic (exact) mass is 674 g/mol. The minimum atomic E-state index is 0.735. The molecule has 2 atom stereocenters. The van der Waals surface area contributed by atoms with Gasteiger partial charge < -0.3 is 4.90 Å². The van der Waals surface area contributed by atoms with Crippen LogP contribution in [-0.4, -0.2) is 18.0 Å². The van der Waals surface area contributed by atoms with Gasteiger partial charge in [0, 0.05) is 18.8 Å². The molecule has 0 amide bonds. The van der Waals surface area contributed by atoms with E-state index in [4.69, 9.17) is 0 Å². The van der Waals surface area contributed by atoms with Gasteiger partial charge in [0.1, 0.15) is 0 Å². The van der Waals surface area contributed by atoms with Crippen molar-refractivity contribution in [2.24, 2.45) is 17.8 Å². The maximum absolute atomic E-state index is 4.67. The molecule has 1 heteroatoms. The van der Waals surface area contributed by atoms with Gasteiger partial charge in [-0.3, -0.25) is 0 Å². The maximum atomic E-state index is 4.67. The predicted octanol–water partition coefficient (Wildman–Crippen LogP) is 17.0. The number of hydrogen-bond donors (Lipinski definition) is 0. The van der Waals surface area contributed by atoms with Crippen molar-refractivity contribution in [1.82, 2.24) is 4.90 Å². The molecule has 0 saturated carbocycles. The van der Waals surface area contributed by atoms with Gasteiger partial charge in [-0.1, -0.05) is 241 Å². The first-order chi connectivity index (χ1) is 23.4. The highest BCUT2D eigenvalue weighted by Gasteiger charge is 2.17. The van der Waals surface area contributed by atoms with Crippen LogP contribution in [0.4, 0.5) is 0 Å². The van der Waals surface area contributed by atoms with Gasteiger partial charge in [-0.2, -0.15) is 0 Å². The van der Waals surface area contributed by atoms with Gasteiger partial charge >= 0.3 is 0 Å². The van der Waals surface area contributed by atoms with E-state index in [9.17, 15) is 0 Å². The molecule has 0 radical (unpaired) electrons. The summed E-state index contributed by atoms with van der Waals surface area (Å²) in [5, 5.41) is 0. The van der Waals surface area contributed by atoms with E-state index in [0.29, 0.717) is 0 Å². The van der Waals surface area contributed by atoms with E-state index >= 15 is 0 Å². The Morgan fingerprint density at radius 3 is 0.875 bits per heavy atom. The van der Waals surface area contributed by atoms with Crippen molar-refractivity contribution in [3.63, 3.8) is 0 Å². The average molecular weight is 674 g/mol. The fourth-order valence-electron chi connectivity index (χ4n) is 7.81. The molecule has 1 nitrogen and oxygen atoms in total. The van der Waals surface area contributed by atoms with Crippen molar-refractivity contribution in [3.05, 3.63) is 12.3 Å². The van der Waals surface area contributed by atoms with Crippen molar-refractivity contribution in [2.75, 3.05) is 13.1 Å². The second-order valence-corrected chi connectivity index (χ2v) is 16.9. The standard InChI is InChI=1S/C47H95N/c1-8-10-12-14-16-18-20-22-24-26-28-30-32-34-36-38-40-48(47(7)43-46(6)45(5)42-44(3)4)41-39-37-35-33-31-29-27-25-23-21-19-17-15-13-11-9-2/h44-46H,7-43H2,1-6H3. The summed E-state index contributed by atoms with van der Waals surface area (Å²) >= 11 is 0. The zero-order chi connectivity index (χ0) is 35.3. The number of nitrogens with zero attached hydrogens (tertiary/aromatic N) is 1. The molecule has 0 spiro atoms. The number of rotatable bonds is 40. The largest absolute Gasteiger partial charge is 0.375 e. The van der Waals surface area contributed by atoms with Crippen LogP contribution >= 0.6 is 0 Å². The molecule has 0 aromatic rings. The molecule has 0 fully saturated rings. The first-order valence-electron chi connectivity index (χ1n) is 22.8. The summed E-state index contributed by atoms with van der Waals surface area (Å²) in [6.07, 6.45) is 48.8. The Morgan fingerprint density at radius 1 is 0.375 bits per heavy atom. The first-order valence-corrected chi connectivity index (χ1v) is 22.8. The number of unbranched alkanes of at least 4 members (excludes halogenated alkanes) is 30. The Balaban J connectivity index is 4.08. The SMILES string of the molecule is C=C(CC(C)C(C)CC(C)C)N(CCCCCCCCCCCCCCCCCC)CCCCCCCCCCCCCCCCCC. The molecule has 0 saturated heterocycles. The van der Waals surface area contributed by atoms with Crippen LogP contribution in [0.2, 0.25) is 0 Å². The Labute approximate surface area is 307 Å². The molecular formula is C47H95N. The highest BCUT2D eigenvalue weighted by Crippen LogP contribution is 2.27. The summed E-state index contributed by atoms with van der Waals surface area (Å²) in [6, 6.07) is 0. The second-order valence-electron chi connectivity index (χ2n) is 16.9. The van der Waals surface area contributed by atoms with E-state index in [1.54, 1.807) is 0 Å². The molecule has 0 rings (SSSR count). The van der Waals surface area contributed by atoms with Gasteiger partial charge in [-0.25, -0.2) is 0 Å². The lowest BCUT2D eigenvalue weighted by Gasteiger charge is -2.31. The first kappa shape index (κ1) is 47.5. The highest BCUT2D eigenvalue weighted by molar-refractivity contribution is 4.96. The fraction of sp³-hybridized carbons (Fsp3) is 0.957. The van der Waals surface area contributed by atoms with Crippen molar-refractivity contribution < 1.29 is 0 Å². The summed E-state index contributed by atoms with van der Waals surface area (Å²) in [4.78, 5) is 2.71. The van der Waals surface area contributed by atoms with Crippen LogP contribution in [0, 0.1) is 17.8 Å². The third-order valence-electron chi connectivity index (χ3n) is 11.4. The minimum Gasteiger partial charge on any atom is -0.375 e. The van der Waals surface area contributed by atoms with Crippen LogP contribution in [0.3, 0.4) is 0 Å². The predicted molar refractivity (Wildman–Crippen MR) is 222 cm³/mol. The highest BCUT2D eigenvalue weighted by atomic mass is 15.1. The fourth-order valence-corrected chi connectivity index (χ4v) is 7.81. The average Bonchev–Trinajstić information content (AvgIpc) is 3.06. The molecule has 0 bridgehead atoms. The Hall–Kier alpha value is -0.460. The summed E-state index contributed by atoms with van der Waals surface area (Å²) in [5.41, 5.74) is 1.43. The van der Waals surface area contributed by atoms with Gasteiger partial charge in [0.05, 0.1) is 0 Å². The van der Waals surface area contributed by atoms with Crippen LogP contribution in [-0.2, 0) is 0 Å². The molecular weight excluding hydrogens is 579 g/mol. The molecule has 48 heavy (non-hydrogen) atoms. The maximum Gasteiger partial charge on any atom is 0.0174 e. The van der Waals surface area contributed by atoms with Crippen molar-refractivity contribution in [2.45, 2.75) is 260 Å². The minimum absolute atomic E-state index is 0.735. The summed E-state index contributed by atoms with van der Waals surface area (Å²) in [7, 11) is 0.